The Bertz CT molecular complexity index is 3.25. The second-order valence-electron chi connectivity index (χ2n) is 0. The molecular formula is F3P. The van der Waals surface area contributed by atoms with Crippen LogP contribution in [0.5, 0.6) is 0 Å². The Morgan fingerprint density at radius 2 is 0.500 bits per heavy atom. The van der Waals surface area contributed by atoms with Crippen molar-refractivity contribution >= 4 is 9.90 Å². The Hall–Kier alpha value is 0.220. The summed E-state index contributed by atoms with van der Waals surface area (Å²) in [6, 6.07) is 0. The molecule has 0 nitrogen and oxygen atoms in total. The zero-order chi connectivity index (χ0) is 0. The summed E-state index contributed by atoms with van der Waals surface area (Å²) in [4.78, 5) is 0. The molecule has 26 valence electrons. The molecule has 0 aromatic heterocycles. The van der Waals surface area contributed by atoms with Crippen molar-refractivity contribution in [1.82, 2.24) is 0 Å². The Kier molecular flexibility index (Phi) is 74100. The van der Waals surface area contributed by atoms with Gasteiger partial charge in [0, 0.05) is 0 Å². The Labute approximate surface area is 25.3 Å². The molecule has 0 N–H and O–H groups in total. The summed E-state index contributed by atoms with van der Waals surface area (Å²) in [6.45, 7) is 0. The van der Waals surface area contributed by atoms with Crippen LogP contribution in [-0.4, -0.2) is 0 Å². The maximum Gasteiger partial charge on any atom is 3.00 e. The predicted molar refractivity (Wildman–Crippen MR) is 6.92 cm³/mol. The van der Waals surface area contributed by atoms with Crippen LogP contribution in [0.25, 0.3) is 0 Å². The van der Waals surface area contributed by atoms with Crippen LogP contribution in [0.1, 0.15) is 0 Å². The molecule has 0 spiro atoms. The molecule has 0 rings (SSSR count). The molecule has 0 fully saturated rings. The molecule has 0 heterocycles. The average molecular weight is 88.0 g/mol. The standard InChI is InChI=1S/3FH.P/h3*1H;/q;;;+3/p-3. The number of rotatable bonds is 0. The van der Waals surface area contributed by atoms with Gasteiger partial charge in [0.05, 0.1) is 0 Å². The molecule has 0 amide bonds. The number of hydrogen-bond donors (Lipinski definition) is 0. The van der Waals surface area contributed by atoms with Crippen molar-refractivity contribution in [2.24, 2.45) is 0 Å². The van der Waals surface area contributed by atoms with Crippen molar-refractivity contribution in [1.29, 1.82) is 0 Å². The zero-order valence-electron chi connectivity index (χ0n) is 1.58. The van der Waals surface area contributed by atoms with Crippen molar-refractivity contribution in [3.63, 3.8) is 0 Å². The normalized spacial score (nSPS) is 0. The molecule has 0 aromatic rings. The summed E-state index contributed by atoms with van der Waals surface area (Å²) in [5.41, 5.74) is 0. The van der Waals surface area contributed by atoms with Crippen molar-refractivity contribution in [3.8, 4) is 0 Å². The first-order valence-electron chi connectivity index (χ1n) is 0. The maximum atomic E-state index is 0. The van der Waals surface area contributed by atoms with Gasteiger partial charge < -0.3 is 14.1 Å². The fourth-order valence-corrected chi connectivity index (χ4v) is 0. The van der Waals surface area contributed by atoms with Gasteiger partial charge in [-0.15, -0.1) is 0 Å². The summed E-state index contributed by atoms with van der Waals surface area (Å²) in [5, 5.41) is 0. The third-order valence-electron chi connectivity index (χ3n) is 0. The fourth-order valence-electron chi connectivity index (χ4n) is 0. The van der Waals surface area contributed by atoms with Crippen molar-refractivity contribution < 1.29 is 14.1 Å². The maximum absolute atomic E-state index is 0. The molecule has 4 heavy (non-hydrogen) atoms. The quantitative estimate of drug-likeness (QED) is 0.258. The van der Waals surface area contributed by atoms with E-state index in [-0.39, 0.29) is 24.0 Å². The third kappa shape index (κ3) is 68.3. The van der Waals surface area contributed by atoms with E-state index in [1.54, 1.807) is 0 Å². The Balaban J connectivity index is 0. The van der Waals surface area contributed by atoms with E-state index >= 15 is 0 Å². The topological polar surface area (TPSA) is 0 Å². The van der Waals surface area contributed by atoms with Gasteiger partial charge >= 0.3 is 9.90 Å². The molecule has 0 saturated heterocycles. The van der Waals surface area contributed by atoms with Crippen molar-refractivity contribution in [3.05, 3.63) is 0 Å². The van der Waals surface area contributed by atoms with Crippen LogP contribution in [0.15, 0.2) is 0 Å². The summed E-state index contributed by atoms with van der Waals surface area (Å²) in [5.74, 6) is 0. The van der Waals surface area contributed by atoms with Crippen molar-refractivity contribution in [2.45, 2.75) is 0 Å². The minimum absolute atomic E-state index is 0. The van der Waals surface area contributed by atoms with Crippen LogP contribution >= 0.6 is 9.90 Å². The number of hydrogen-bond acceptors (Lipinski definition) is 0. The van der Waals surface area contributed by atoms with E-state index in [2.05, 4.69) is 0 Å². The van der Waals surface area contributed by atoms with Crippen LogP contribution in [-0.2, 0) is 0 Å². The van der Waals surface area contributed by atoms with Crippen LogP contribution < -0.4 is 14.1 Å². The molecule has 0 aliphatic heterocycles. The van der Waals surface area contributed by atoms with E-state index in [9.17, 15) is 0 Å². The first kappa shape index (κ1) is 904. The van der Waals surface area contributed by atoms with E-state index < -0.39 is 0 Å². The molecule has 0 aliphatic carbocycles. The van der Waals surface area contributed by atoms with Gasteiger partial charge in [-0.2, -0.15) is 0 Å². The SMILES string of the molecule is [F-].[F-].[F-].[P+3]. The predicted octanol–water partition coefficient (Wildman–Crippen LogP) is -8.13. The van der Waals surface area contributed by atoms with Crippen LogP contribution in [0, 0.1) is 0 Å². The first-order valence-corrected chi connectivity index (χ1v) is 0. The van der Waals surface area contributed by atoms with Crippen LogP contribution in [0.4, 0.5) is 0 Å². The summed E-state index contributed by atoms with van der Waals surface area (Å²) in [7, 11) is 0. The van der Waals surface area contributed by atoms with Gasteiger partial charge in [0.25, 0.3) is 0 Å². The molecule has 0 saturated carbocycles. The van der Waals surface area contributed by atoms with Crippen LogP contribution in [0.3, 0.4) is 0 Å². The molecule has 0 aliphatic rings. The number of halogens is 3. The smallest absolute Gasteiger partial charge is 1.00 e. The van der Waals surface area contributed by atoms with Gasteiger partial charge in [-0.05, 0) is 0 Å². The molecular weight excluding hydrogens is 88.0 g/mol. The Morgan fingerprint density at radius 3 is 0.500 bits per heavy atom. The van der Waals surface area contributed by atoms with Gasteiger partial charge in [0.2, 0.25) is 0 Å². The van der Waals surface area contributed by atoms with E-state index in [0.717, 1.165) is 0 Å². The second kappa shape index (κ2) is 328. The minimum Gasteiger partial charge on any atom is -1.00 e. The molecule has 0 aromatic carbocycles. The fraction of sp³-hybridized carbons (Fsp3) is 0. The first-order chi connectivity index (χ1) is 0. The van der Waals surface area contributed by atoms with Gasteiger partial charge in [0.15, 0.2) is 0 Å². The summed E-state index contributed by atoms with van der Waals surface area (Å²) < 4.78 is 0. The molecule has 4 heteroatoms. The molecule has 0 unspecified atom stereocenters. The second-order valence-corrected chi connectivity index (χ2v) is 0. The van der Waals surface area contributed by atoms with Gasteiger partial charge in [-0.3, -0.25) is 0 Å². The van der Waals surface area contributed by atoms with E-state index in [1.165, 1.54) is 0 Å². The van der Waals surface area contributed by atoms with Gasteiger partial charge in [-0.1, -0.05) is 0 Å². The monoisotopic (exact) mass is 88.0 g/mol. The van der Waals surface area contributed by atoms with E-state index in [4.69, 9.17) is 0 Å². The third-order valence-corrected chi connectivity index (χ3v) is 0. The van der Waals surface area contributed by atoms with E-state index in [1.807, 2.05) is 0 Å². The van der Waals surface area contributed by atoms with E-state index in [0.29, 0.717) is 0 Å². The minimum atomic E-state index is 0. The van der Waals surface area contributed by atoms with Gasteiger partial charge in [0.1, 0.15) is 0 Å². The zero-order valence-corrected chi connectivity index (χ0v) is 2.48. The summed E-state index contributed by atoms with van der Waals surface area (Å²) >= 11 is 0. The van der Waals surface area contributed by atoms with Crippen LogP contribution in [0.2, 0.25) is 0 Å². The Morgan fingerprint density at radius 1 is 0.500 bits per heavy atom. The van der Waals surface area contributed by atoms with Crippen molar-refractivity contribution in [2.75, 3.05) is 0 Å². The summed E-state index contributed by atoms with van der Waals surface area (Å²) in [6.07, 6.45) is 0. The molecule has 0 bridgehead atoms. The van der Waals surface area contributed by atoms with Gasteiger partial charge in [-0.25, -0.2) is 0 Å². The average Bonchev–Trinajstić information content (AvgIpc) is 0. The molecule has 0 atom stereocenters. The largest absolute Gasteiger partial charge is 3.00 e. The molecule has 2 radical (unpaired) electrons.